The second kappa shape index (κ2) is 4.68. The Morgan fingerprint density at radius 1 is 1.58 bits per heavy atom. The molecular formula is C10H13N3O6. The Bertz CT molecular complexity index is 595. The molecule has 1 saturated heterocycles. The normalized spacial score (nSPS) is 34.4. The van der Waals surface area contributed by atoms with Crippen LogP contribution in [0.15, 0.2) is 27.0 Å². The number of hydrogen-bond acceptors (Lipinski definition) is 7. The Labute approximate surface area is 106 Å². The molecule has 2 heterocycles. The van der Waals surface area contributed by atoms with Crippen molar-refractivity contribution < 1.29 is 14.9 Å². The summed E-state index contributed by atoms with van der Waals surface area (Å²) >= 11 is 0. The van der Waals surface area contributed by atoms with E-state index in [-0.39, 0.29) is 0 Å². The molecule has 0 bridgehead atoms. The van der Waals surface area contributed by atoms with Crippen LogP contribution in [0.25, 0.3) is 0 Å². The number of ether oxygens (including phenoxy) is 1. The minimum absolute atomic E-state index is 0.527. The van der Waals surface area contributed by atoms with E-state index in [1.54, 1.807) is 0 Å². The standard InChI is InChI=1S/C10H13N3O6/c1-10(12-18)7(16)5(4-14)19-8(10)13-3-2-6(15)11-9(13)17/h2-3,5,7-8,14,16H,4H2,1H3,(H,11,15,17)/t5-,7?,8-,10+/m1/s1. The minimum atomic E-state index is -1.64. The maximum Gasteiger partial charge on any atom is 0.330 e. The van der Waals surface area contributed by atoms with Crippen molar-refractivity contribution >= 4 is 0 Å². The SMILES string of the molecule is C[C@]1(N=O)C(O)[C@@H](CO)O[C@H]1n1ccc(=O)[nH]c1=O. The number of aliphatic hydroxyl groups excluding tert-OH is 2. The predicted molar refractivity (Wildman–Crippen MR) is 62.5 cm³/mol. The summed E-state index contributed by atoms with van der Waals surface area (Å²) < 4.78 is 6.23. The average molecular weight is 271 g/mol. The van der Waals surface area contributed by atoms with Gasteiger partial charge in [-0.3, -0.25) is 14.3 Å². The topological polar surface area (TPSA) is 134 Å². The van der Waals surface area contributed by atoms with Gasteiger partial charge in [0.15, 0.2) is 11.8 Å². The molecule has 0 aliphatic carbocycles. The zero-order valence-electron chi connectivity index (χ0n) is 10.0. The molecule has 104 valence electrons. The molecule has 19 heavy (non-hydrogen) atoms. The summed E-state index contributed by atoms with van der Waals surface area (Å²) in [6, 6.07) is 1.08. The van der Waals surface area contributed by atoms with E-state index in [2.05, 4.69) is 5.18 Å². The van der Waals surface area contributed by atoms with Crippen molar-refractivity contribution in [2.24, 2.45) is 5.18 Å². The number of hydrogen-bond donors (Lipinski definition) is 3. The van der Waals surface area contributed by atoms with Gasteiger partial charge in [0.2, 0.25) is 0 Å². The fourth-order valence-electron chi connectivity index (χ4n) is 2.10. The van der Waals surface area contributed by atoms with Crippen molar-refractivity contribution in [3.05, 3.63) is 38.0 Å². The van der Waals surface area contributed by atoms with Crippen LogP contribution in [0.4, 0.5) is 0 Å². The second-order valence-electron chi connectivity index (χ2n) is 4.49. The summed E-state index contributed by atoms with van der Waals surface area (Å²) in [5.74, 6) is 0. The zero-order chi connectivity index (χ0) is 14.2. The lowest BCUT2D eigenvalue weighted by Gasteiger charge is -2.25. The van der Waals surface area contributed by atoms with Crippen molar-refractivity contribution in [2.45, 2.75) is 30.9 Å². The summed E-state index contributed by atoms with van der Waals surface area (Å²) in [5, 5.41) is 21.8. The van der Waals surface area contributed by atoms with Gasteiger partial charge in [0.05, 0.1) is 6.61 Å². The Morgan fingerprint density at radius 3 is 2.79 bits per heavy atom. The van der Waals surface area contributed by atoms with Crippen LogP contribution in [-0.2, 0) is 4.74 Å². The van der Waals surface area contributed by atoms with Gasteiger partial charge in [-0.05, 0) is 6.92 Å². The first-order valence-electron chi connectivity index (χ1n) is 5.54. The summed E-state index contributed by atoms with van der Waals surface area (Å²) in [4.78, 5) is 35.7. The van der Waals surface area contributed by atoms with Crippen LogP contribution in [-0.4, -0.2) is 44.1 Å². The molecule has 1 aromatic rings. The van der Waals surface area contributed by atoms with Crippen LogP contribution in [0.3, 0.4) is 0 Å². The quantitative estimate of drug-likeness (QED) is 0.562. The first kappa shape index (κ1) is 13.6. The highest BCUT2D eigenvalue weighted by Gasteiger charge is 2.56. The third kappa shape index (κ3) is 2.01. The molecule has 0 saturated carbocycles. The molecule has 1 aliphatic heterocycles. The van der Waals surface area contributed by atoms with Gasteiger partial charge < -0.3 is 14.9 Å². The molecule has 9 heteroatoms. The lowest BCUT2D eigenvalue weighted by Crippen LogP contribution is -2.45. The van der Waals surface area contributed by atoms with E-state index in [1.807, 2.05) is 4.98 Å². The molecule has 0 radical (unpaired) electrons. The largest absolute Gasteiger partial charge is 0.394 e. The molecule has 0 aromatic carbocycles. The second-order valence-corrected chi connectivity index (χ2v) is 4.49. The first-order chi connectivity index (χ1) is 8.93. The molecular weight excluding hydrogens is 258 g/mol. The Kier molecular flexibility index (Phi) is 3.35. The highest BCUT2D eigenvalue weighted by Crippen LogP contribution is 2.40. The van der Waals surface area contributed by atoms with E-state index in [0.717, 1.165) is 16.8 Å². The van der Waals surface area contributed by atoms with Gasteiger partial charge in [-0.15, -0.1) is 4.91 Å². The average Bonchev–Trinajstić information content (AvgIpc) is 2.63. The number of nitroso groups, excluding NO2 is 1. The molecule has 0 spiro atoms. The Balaban J connectivity index is 2.51. The molecule has 0 amide bonds. The lowest BCUT2D eigenvalue weighted by molar-refractivity contribution is -0.0487. The van der Waals surface area contributed by atoms with Crippen LogP contribution in [0.5, 0.6) is 0 Å². The fourth-order valence-corrected chi connectivity index (χ4v) is 2.10. The third-order valence-electron chi connectivity index (χ3n) is 3.24. The number of aliphatic hydroxyl groups is 2. The number of nitrogens with one attached hydrogen (secondary N) is 1. The van der Waals surface area contributed by atoms with Gasteiger partial charge in [-0.25, -0.2) is 4.79 Å². The maximum atomic E-state index is 11.7. The van der Waals surface area contributed by atoms with Crippen LogP contribution >= 0.6 is 0 Å². The summed E-state index contributed by atoms with van der Waals surface area (Å²) in [5.41, 5.74) is -3.03. The molecule has 1 aromatic heterocycles. The van der Waals surface area contributed by atoms with Crippen molar-refractivity contribution in [3.8, 4) is 0 Å². The number of aromatic nitrogens is 2. The van der Waals surface area contributed by atoms with E-state index in [0.29, 0.717) is 0 Å². The van der Waals surface area contributed by atoms with Crippen LogP contribution < -0.4 is 11.2 Å². The van der Waals surface area contributed by atoms with Gasteiger partial charge in [-0.2, -0.15) is 0 Å². The summed E-state index contributed by atoms with van der Waals surface area (Å²) in [6.07, 6.45) is -2.46. The predicted octanol–water partition coefficient (Wildman–Crippen LogP) is -1.69. The molecule has 1 unspecified atom stereocenters. The van der Waals surface area contributed by atoms with E-state index in [1.165, 1.54) is 6.92 Å². The summed E-state index contributed by atoms with van der Waals surface area (Å²) in [6.45, 7) is 0.781. The van der Waals surface area contributed by atoms with Gasteiger partial charge in [0.1, 0.15) is 12.2 Å². The molecule has 1 aliphatic rings. The van der Waals surface area contributed by atoms with E-state index < -0.39 is 41.8 Å². The highest BCUT2D eigenvalue weighted by atomic mass is 16.5. The smallest absolute Gasteiger partial charge is 0.330 e. The Hall–Kier alpha value is -1.84. The lowest BCUT2D eigenvalue weighted by atomic mass is 9.93. The van der Waals surface area contributed by atoms with Crippen molar-refractivity contribution in [1.29, 1.82) is 0 Å². The number of aromatic amines is 1. The highest BCUT2D eigenvalue weighted by molar-refractivity contribution is 5.05. The molecule has 1 fully saturated rings. The monoisotopic (exact) mass is 271 g/mol. The van der Waals surface area contributed by atoms with Gasteiger partial charge in [0.25, 0.3) is 5.56 Å². The minimum Gasteiger partial charge on any atom is -0.394 e. The van der Waals surface area contributed by atoms with Gasteiger partial charge >= 0.3 is 5.69 Å². The van der Waals surface area contributed by atoms with E-state index in [9.17, 15) is 19.6 Å². The van der Waals surface area contributed by atoms with Crippen molar-refractivity contribution in [3.63, 3.8) is 0 Å². The molecule has 9 nitrogen and oxygen atoms in total. The number of rotatable bonds is 3. The number of nitrogens with zero attached hydrogens (tertiary/aromatic N) is 2. The van der Waals surface area contributed by atoms with E-state index >= 15 is 0 Å². The van der Waals surface area contributed by atoms with E-state index in [4.69, 9.17) is 9.84 Å². The molecule has 2 rings (SSSR count). The third-order valence-corrected chi connectivity index (χ3v) is 3.24. The molecule has 3 N–H and O–H groups in total. The number of H-pyrrole nitrogens is 1. The van der Waals surface area contributed by atoms with Crippen LogP contribution in [0.1, 0.15) is 13.2 Å². The first-order valence-corrected chi connectivity index (χ1v) is 5.54. The molecule has 4 atom stereocenters. The van der Waals surface area contributed by atoms with Crippen LogP contribution in [0.2, 0.25) is 0 Å². The Morgan fingerprint density at radius 2 is 2.26 bits per heavy atom. The van der Waals surface area contributed by atoms with Crippen molar-refractivity contribution in [1.82, 2.24) is 9.55 Å². The fraction of sp³-hybridized carbons (Fsp3) is 0.600. The van der Waals surface area contributed by atoms with Crippen LogP contribution in [0, 0.1) is 4.91 Å². The maximum absolute atomic E-state index is 11.7. The van der Waals surface area contributed by atoms with Crippen molar-refractivity contribution in [2.75, 3.05) is 6.61 Å². The van der Waals surface area contributed by atoms with Gasteiger partial charge in [-0.1, -0.05) is 5.18 Å². The zero-order valence-corrected chi connectivity index (χ0v) is 10.0. The summed E-state index contributed by atoms with van der Waals surface area (Å²) in [7, 11) is 0. The van der Waals surface area contributed by atoms with Gasteiger partial charge in [0, 0.05) is 12.3 Å².